The Labute approximate surface area is 114 Å². The van der Waals surface area contributed by atoms with Gasteiger partial charge >= 0.3 is 0 Å². The Balaban J connectivity index is 1.69. The highest BCUT2D eigenvalue weighted by Gasteiger charge is 2.40. The molecule has 4 nitrogen and oxygen atoms in total. The van der Waals surface area contributed by atoms with Gasteiger partial charge in [0.2, 0.25) is 0 Å². The summed E-state index contributed by atoms with van der Waals surface area (Å²) in [4.78, 5) is 4.25. The van der Waals surface area contributed by atoms with Gasteiger partial charge in [-0.25, -0.2) is 4.98 Å². The Morgan fingerprint density at radius 1 is 1.37 bits per heavy atom. The van der Waals surface area contributed by atoms with Crippen LogP contribution in [0.1, 0.15) is 44.2 Å². The molecule has 2 N–H and O–H groups in total. The monoisotopic (exact) mass is 262 g/mol. The molecule has 1 spiro atoms. The number of ether oxygens (including phenoxy) is 2. The Morgan fingerprint density at radius 3 is 2.89 bits per heavy atom. The maximum absolute atomic E-state index is 6.06. The van der Waals surface area contributed by atoms with E-state index in [1.165, 1.54) is 25.7 Å². The Kier molecular flexibility index (Phi) is 3.35. The van der Waals surface area contributed by atoms with Crippen molar-refractivity contribution in [2.24, 2.45) is 0 Å². The van der Waals surface area contributed by atoms with Crippen molar-refractivity contribution in [3.8, 4) is 5.75 Å². The highest BCUT2D eigenvalue weighted by molar-refractivity contribution is 5.46. The lowest BCUT2D eigenvalue weighted by atomic mass is 9.90. The summed E-state index contributed by atoms with van der Waals surface area (Å²) in [5.74, 6) is 1.21. The van der Waals surface area contributed by atoms with Crippen LogP contribution in [0.2, 0.25) is 0 Å². The molecule has 0 amide bonds. The zero-order chi connectivity index (χ0) is 13.3. The van der Waals surface area contributed by atoms with Crippen molar-refractivity contribution < 1.29 is 9.47 Å². The topological polar surface area (TPSA) is 57.4 Å². The van der Waals surface area contributed by atoms with E-state index in [9.17, 15) is 0 Å². The van der Waals surface area contributed by atoms with E-state index in [4.69, 9.17) is 15.2 Å². The van der Waals surface area contributed by atoms with Gasteiger partial charge in [-0.2, -0.15) is 0 Å². The lowest BCUT2D eigenvalue weighted by molar-refractivity contribution is -0.108. The first kappa shape index (κ1) is 12.7. The zero-order valence-electron chi connectivity index (χ0n) is 11.5. The summed E-state index contributed by atoms with van der Waals surface area (Å²) in [5.41, 5.74) is 6.92. The van der Waals surface area contributed by atoms with E-state index < -0.39 is 0 Å². The minimum Gasteiger partial charge on any atom is -0.486 e. The van der Waals surface area contributed by atoms with E-state index in [-0.39, 0.29) is 11.7 Å². The molecule has 1 saturated carbocycles. The van der Waals surface area contributed by atoms with Crippen molar-refractivity contribution >= 4 is 5.82 Å². The van der Waals surface area contributed by atoms with Crippen molar-refractivity contribution in [2.45, 2.75) is 57.2 Å². The standard InChI is InChI=1S/C15H22N2O2/c1-11-4-5-13(14(16)17-11)19-12-6-9-18-15(10-12)7-2-3-8-15/h4-5,12H,2-3,6-10H2,1H3,(H2,16,17). The van der Waals surface area contributed by atoms with Gasteiger partial charge in [-0.15, -0.1) is 0 Å². The maximum Gasteiger partial charge on any atom is 0.166 e. The maximum atomic E-state index is 6.06. The molecule has 1 atom stereocenters. The fourth-order valence-corrected chi connectivity index (χ4v) is 3.29. The fraction of sp³-hybridized carbons (Fsp3) is 0.667. The molecule has 4 heteroatoms. The van der Waals surface area contributed by atoms with E-state index in [1.54, 1.807) is 0 Å². The zero-order valence-corrected chi connectivity index (χ0v) is 11.5. The molecule has 104 valence electrons. The molecule has 1 aromatic heterocycles. The molecule has 0 aromatic carbocycles. The highest BCUT2D eigenvalue weighted by atomic mass is 16.5. The number of aryl methyl sites for hydroxylation is 1. The first-order valence-electron chi connectivity index (χ1n) is 7.21. The van der Waals surface area contributed by atoms with Gasteiger partial charge in [0, 0.05) is 18.5 Å². The molecule has 0 radical (unpaired) electrons. The molecule has 0 bridgehead atoms. The van der Waals surface area contributed by atoms with Crippen LogP contribution in [0.4, 0.5) is 5.82 Å². The molecule has 19 heavy (non-hydrogen) atoms. The molecule has 2 heterocycles. The number of nitrogens with two attached hydrogens (primary N) is 1. The second-order valence-electron chi connectivity index (χ2n) is 5.81. The van der Waals surface area contributed by atoms with E-state index in [0.29, 0.717) is 11.6 Å². The third-order valence-corrected chi connectivity index (χ3v) is 4.28. The van der Waals surface area contributed by atoms with Crippen LogP contribution in [0, 0.1) is 6.92 Å². The summed E-state index contributed by atoms with van der Waals surface area (Å²) in [6.07, 6.45) is 7.04. The third-order valence-electron chi connectivity index (χ3n) is 4.28. The van der Waals surface area contributed by atoms with Crippen LogP contribution in [0.5, 0.6) is 5.75 Å². The predicted octanol–water partition coefficient (Wildman–Crippen LogP) is 2.84. The van der Waals surface area contributed by atoms with Crippen LogP contribution < -0.4 is 10.5 Å². The van der Waals surface area contributed by atoms with Crippen LogP contribution in [0.15, 0.2) is 12.1 Å². The summed E-state index contributed by atoms with van der Waals surface area (Å²) < 4.78 is 12.1. The van der Waals surface area contributed by atoms with Crippen LogP contribution in [0.25, 0.3) is 0 Å². The molecule has 3 rings (SSSR count). The SMILES string of the molecule is Cc1ccc(OC2CCOC3(CCCC3)C2)c(N)n1. The summed E-state index contributed by atoms with van der Waals surface area (Å²) in [7, 11) is 0. The summed E-state index contributed by atoms with van der Waals surface area (Å²) in [5, 5.41) is 0. The molecule has 1 unspecified atom stereocenters. The highest BCUT2D eigenvalue weighted by Crippen LogP contribution is 2.41. The second-order valence-corrected chi connectivity index (χ2v) is 5.81. The number of anilines is 1. The van der Waals surface area contributed by atoms with Crippen molar-refractivity contribution in [3.05, 3.63) is 17.8 Å². The molecule has 2 fully saturated rings. The Hall–Kier alpha value is -1.29. The number of nitrogens with zero attached hydrogens (tertiary/aromatic N) is 1. The van der Waals surface area contributed by atoms with Crippen molar-refractivity contribution in [2.75, 3.05) is 12.3 Å². The average Bonchev–Trinajstić information content (AvgIpc) is 2.81. The molecular formula is C15H22N2O2. The van der Waals surface area contributed by atoms with E-state index in [0.717, 1.165) is 25.1 Å². The van der Waals surface area contributed by atoms with Gasteiger partial charge in [0.05, 0.1) is 12.2 Å². The van der Waals surface area contributed by atoms with Crippen molar-refractivity contribution in [3.63, 3.8) is 0 Å². The minimum atomic E-state index is 0.0792. The molecular weight excluding hydrogens is 240 g/mol. The smallest absolute Gasteiger partial charge is 0.166 e. The van der Waals surface area contributed by atoms with Crippen LogP contribution in [-0.2, 0) is 4.74 Å². The van der Waals surface area contributed by atoms with Gasteiger partial charge in [0.1, 0.15) is 6.10 Å². The van der Waals surface area contributed by atoms with Gasteiger partial charge in [-0.1, -0.05) is 12.8 Å². The Morgan fingerprint density at radius 2 is 2.16 bits per heavy atom. The number of rotatable bonds is 2. The van der Waals surface area contributed by atoms with E-state index >= 15 is 0 Å². The molecule has 2 aliphatic rings. The van der Waals surface area contributed by atoms with Gasteiger partial charge in [-0.05, 0) is 31.9 Å². The normalized spacial score (nSPS) is 25.6. The fourth-order valence-electron chi connectivity index (χ4n) is 3.29. The van der Waals surface area contributed by atoms with Crippen LogP contribution in [0.3, 0.4) is 0 Å². The van der Waals surface area contributed by atoms with E-state index in [1.807, 2.05) is 19.1 Å². The molecule has 1 aliphatic carbocycles. The van der Waals surface area contributed by atoms with E-state index in [2.05, 4.69) is 4.98 Å². The van der Waals surface area contributed by atoms with Crippen molar-refractivity contribution in [1.82, 2.24) is 4.98 Å². The second kappa shape index (κ2) is 5.00. The average molecular weight is 262 g/mol. The van der Waals surface area contributed by atoms with Crippen molar-refractivity contribution in [1.29, 1.82) is 0 Å². The number of nitrogen functional groups attached to an aromatic ring is 1. The summed E-state index contributed by atoms with van der Waals surface area (Å²) in [6.45, 7) is 2.73. The summed E-state index contributed by atoms with van der Waals surface area (Å²) >= 11 is 0. The molecule has 1 aromatic rings. The lowest BCUT2D eigenvalue weighted by Crippen LogP contribution is -2.41. The summed E-state index contributed by atoms with van der Waals surface area (Å²) in [6, 6.07) is 3.87. The number of hydrogen-bond donors (Lipinski definition) is 1. The van der Waals surface area contributed by atoms with Gasteiger partial charge in [0.15, 0.2) is 11.6 Å². The predicted molar refractivity (Wildman–Crippen MR) is 74.2 cm³/mol. The van der Waals surface area contributed by atoms with Gasteiger partial charge in [-0.3, -0.25) is 0 Å². The van der Waals surface area contributed by atoms with Gasteiger partial charge in [0.25, 0.3) is 0 Å². The molecule has 1 aliphatic heterocycles. The minimum absolute atomic E-state index is 0.0792. The van der Waals surface area contributed by atoms with Gasteiger partial charge < -0.3 is 15.2 Å². The number of hydrogen-bond acceptors (Lipinski definition) is 4. The first-order chi connectivity index (χ1) is 9.17. The first-order valence-corrected chi connectivity index (χ1v) is 7.21. The third kappa shape index (κ3) is 2.68. The van der Waals surface area contributed by atoms with Crippen LogP contribution in [-0.4, -0.2) is 23.3 Å². The van der Waals surface area contributed by atoms with Crippen LogP contribution >= 0.6 is 0 Å². The largest absolute Gasteiger partial charge is 0.486 e. The Bertz CT molecular complexity index is 455. The quantitative estimate of drug-likeness (QED) is 0.890. The number of aromatic nitrogens is 1. The molecule has 1 saturated heterocycles. The lowest BCUT2D eigenvalue weighted by Gasteiger charge is -2.38. The number of pyridine rings is 1.